The van der Waals surface area contributed by atoms with Crippen LogP contribution in [-0.4, -0.2) is 23.0 Å². The molecule has 2 aliphatic rings. The third-order valence-corrected chi connectivity index (χ3v) is 4.93. The lowest BCUT2D eigenvalue weighted by Gasteiger charge is -2.30. The minimum atomic E-state index is 0.254. The number of hydrogen-bond acceptors (Lipinski definition) is 2. The number of rotatable bonds is 0. The monoisotopic (exact) mass is 199 g/mol. The highest BCUT2D eigenvalue weighted by atomic mass is 32.2. The Hall–Kier alpha value is -0.180. The molecule has 0 radical (unpaired) electrons. The van der Waals surface area contributed by atoms with E-state index in [0.717, 1.165) is 12.2 Å². The lowest BCUT2D eigenvalue weighted by atomic mass is 9.84. The summed E-state index contributed by atoms with van der Waals surface area (Å²) < 4.78 is 0. The summed E-state index contributed by atoms with van der Waals surface area (Å²) in [6.45, 7) is 6.78. The maximum Gasteiger partial charge on any atom is 0.220 e. The molecule has 0 aromatic rings. The summed E-state index contributed by atoms with van der Waals surface area (Å²) in [6.07, 6.45) is 0.754. The van der Waals surface area contributed by atoms with Crippen LogP contribution >= 0.6 is 11.8 Å². The zero-order valence-electron chi connectivity index (χ0n) is 8.46. The Kier molecular flexibility index (Phi) is 2.10. The van der Waals surface area contributed by atoms with Crippen molar-refractivity contribution in [2.45, 2.75) is 38.5 Å². The first-order valence-electron chi connectivity index (χ1n) is 4.89. The second-order valence-electron chi connectivity index (χ2n) is 5.18. The number of nitrogens with one attached hydrogen (secondary N) is 1. The quantitative estimate of drug-likeness (QED) is 0.643. The Morgan fingerprint density at radius 2 is 2.15 bits per heavy atom. The highest BCUT2D eigenvalue weighted by Gasteiger charge is 2.47. The Bertz CT molecular complexity index is 234. The third kappa shape index (κ3) is 1.58. The zero-order valence-corrected chi connectivity index (χ0v) is 9.28. The fourth-order valence-corrected chi connectivity index (χ4v) is 4.11. The van der Waals surface area contributed by atoms with Gasteiger partial charge >= 0.3 is 0 Å². The van der Waals surface area contributed by atoms with E-state index in [1.165, 1.54) is 0 Å². The van der Waals surface area contributed by atoms with Gasteiger partial charge in [0, 0.05) is 17.7 Å². The number of amides is 1. The average Bonchev–Trinajstić information content (AvgIpc) is 2.41. The van der Waals surface area contributed by atoms with Crippen LogP contribution in [0.5, 0.6) is 0 Å². The van der Waals surface area contributed by atoms with Gasteiger partial charge in [-0.1, -0.05) is 20.8 Å². The molecule has 2 aliphatic heterocycles. The highest BCUT2D eigenvalue weighted by molar-refractivity contribution is 8.00. The topological polar surface area (TPSA) is 29.1 Å². The molecule has 1 N–H and O–H groups in total. The van der Waals surface area contributed by atoms with E-state index in [4.69, 9.17) is 0 Å². The summed E-state index contributed by atoms with van der Waals surface area (Å²) >= 11 is 2.03. The van der Waals surface area contributed by atoms with Crippen molar-refractivity contribution in [1.29, 1.82) is 0 Å². The van der Waals surface area contributed by atoms with Gasteiger partial charge in [0.15, 0.2) is 0 Å². The second-order valence-corrected chi connectivity index (χ2v) is 6.35. The molecule has 0 saturated carbocycles. The molecule has 74 valence electrons. The lowest BCUT2D eigenvalue weighted by Crippen LogP contribution is -2.41. The van der Waals surface area contributed by atoms with Crippen molar-refractivity contribution in [1.82, 2.24) is 5.32 Å². The van der Waals surface area contributed by atoms with Crippen LogP contribution in [0.1, 0.15) is 27.2 Å². The minimum Gasteiger partial charge on any atom is -0.352 e. The summed E-state index contributed by atoms with van der Waals surface area (Å²) in [4.78, 5) is 11.2. The van der Waals surface area contributed by atoms with E-state index in [9.17, 15) is 4.79 Å². The standard InChI is InChI=1S/C10H17NOS/c1-10(2,3)9-8-6(5-13-9)4-7(12)11-8/h6,8-9H,4-5H2,1-3H3,(H,11,12). The fraction of sp³-hybridized carbons (Fsp3) is 0.900. The van der Waals surface area contributed by atoms with E-state index in [1.54, 1.807) is 0 Å². The van der Waals surface area contributed by atoms with Crippen LogP contribution in [0.4, 0.5) is 0 Å². The SMILES string of the molecule is CC(C)(C)C1SCC2CC(=O)NC21. The second kappa shape index (κ2) is 2.91. The molecule has 3 heteroatoms. The number of thioether (sulfide) groups is 1. The van der Waals surface area contributed by atoms with Gasteiger partial charge in [-0.25, -0.2) is 0 Å². The van der Waals surface area contributed by atoms with Crippen LogP contribution in [0.2, 0.25) is 0 Å². The van der Waals surface area contributed by atoms with Gasteiger partial charge < -0.3 is 5.32 Å². The molecule has 1 amide bonds. The molecule has 0 aromatic carbocycles. The summed E-state index contributed by atoms with van der Waals surface area (Å²) in [6, 6.07) is 0.442. The number of fused-ring (bicyclic) bond motifs is 1. The van der Waals surface area contributed by atoms with E-state index >= 15 is 0 Å². The fourth-order valence-electron chi connectivity index (χ4n) is 2.33. The van der Waals surface area contributed by atoms with Gasteiger partial charge in [-0.05, 0) is 17.1 Å². The van der Waals surface area contributed by atoms with Gasteiger partial charge in [0.05, 0.1) is 0 Å². The summed E-state index contributed by atoms with van der Waals surface area (Å²) in [5, 5.41) is 3.71. The van der Waals surface area contributed by atoms with E-state index in [1.807, 2.05) is 11.8 Å². The first kappa shape index (κ1) is 9.38. The van der Waals surface area contributed by atoms with Gasteiger partial charge in [0.1, 0.15) is 0 Å². The van der Waals surface area contributed by atoms with Crippen molar-refractivity contribution >= 4 is 17.7 Å². The van der Waals surface area contributed by atoms with Crippen molar-refractivity contribution < 1.29 is 4.79 Å². The minimum absolute atomic E-state index is 0.254. The summed E-state index contributed by atoms with van der Waals surface area (Å²) in [5.74, 6) is 2.01. The lowest BCUT2D eigenvalue weighted by molar-refractivity contribution is -0.119. The van der Waals surface area contributed by atoms with Gasteiger partial charge in [-0.3, -0.25) is 4.79 Å². The summed E-state index contributed by atoms with van der Waals surface area (Å²) in [5.41, 5.74) is 0.307. The molecule has 2 nitrogen and oxygen atoms in total. The molecular formula is C10H17NOS. The molecule has 3 unspecified atom stereocenters. The van der Waals surface area contributed by atoms with Crippen molar-refractivity contribution in [3.8, 4) is 0 Å². The average molecular weight is 199 g/mol. The van der Waals surface area contributed by atoms with Gasteiger partial charge in [0.25, 0.3) is 0 Å². The molecule has 2 heterocycles. The molecule has 2 fully saturated rings. The third-order valence-electron chi connectivity index (χ3n) is 2.95. The van der Waals surface area contributed by atoms with Crippen LogP contribution in [0.3, 0.4) is 0 Å². The van der Waals surface area contributed by atoms with Crippen LogP contribution in [-0.2, 0) is 4.79 Å². The van der Waals surface area contributed by atoms with Crippen LogP contribution < -0.4 is 5.32 Å². The predicted octanol–water partition coefficient (Wildman–Crippen LogP) is 1.65. The van der Waals surface area contributed by atoms with Crippen LogP contribution in [0, 0.1) is 11.3 Å². The Morgan fingerprint density at radius 3 is 2.77 bits per heavy atom. The van der Waals surface area contributed by atoms with Crippen LogP contribution in [0.15, 0.2) is 0 Å². The van der Waals surface area contributed by atoms with Gasteiger partial charge in [-0.2, -0.15) is 11.8 Å². The maximum absolute atomic E-state index is 11.2. The molecule has 0 bridgehead atoms. The Morgan fingerprint density at radius 1 is 1.46 bits per heavy atom. The van der Waals surface area contributed by atoms with Crippen molar-refractivity contribution in [3.63, 3.8) is 0 Å². The molecular weight excluding hydrogens is 182 g/mol. The maximum atomic E-state index is 11.2. The smallest absolute Gasteiger partial charge is 0.220 e. The summed E-state index contributed by atoms with van der Waals surface area (Å²) in [7, 11) is 0. The molecule has 3 atom stereocenters. The molecule has 0 spiro atoms. The Balaban J connectivity index is 2.13. The van der Waals surface area contributed by atoms with E-state index in [2.05, 4.69) is 26.1 Å². The Labute approximate surface area is 83.8 Å². The molecule has 2 saturated heterocycles. The van der Waals surface area contributed by atoms with Crippen LogP contribution in [0.25, 0.3) is 0 Å². The molecule has 0 aliphatic carbocycles. The molecule has 0 aromatic heterocycles. The largest absolute Gasteiger partial charge is 0.352 e. The normalized spacial score (nSPS) is 39.0. The van der Waals surface area contributed by atoms with E-state index in [-0.39, 0.29) is 5.91 Å². The highest BCUT2D eigenvalue weighted by Crippen LogP contribution is 2.45. The van der Waals surface area contributed by atoms with Crippen molar-refractivity contribution in [2.24, 2.45) is 11.3 Å². The molecule has 13 heavy (non-hydrogen) atoms. The number of carbonyl (C=O) groups is 1. The van der Waals surface area contributed by atoms with E-state index in [0.29, 0.717) is 22.6 Å². The van der Waals surface area contributed by atoms with Gasteiger partial charge in [0.2, 0.25) is 5.91 Å². The number of carbonyl (C=O) groups excluding carboxylic acids is 1. The predicted molar refractivity (Wildman–Crippen MR) is 55.7 cm³/mol. The van der Waals surface area contributed by atoms with E-state index < -0.39 is 0 Å². The van der Waals surface area contributed by atoms with Crippen molar-refractivity contribution in [2.75, 3.05) is 5.75 Å². The first-order chi connectivity index (χ1) is 5.98. The number of hydrogen-bond donors (Lipinski definition) is 1. The first-order valence-corrected chi connectivity index (χ1v) is 5.94. The molecule has 2 rings (SSSR count). The van der Waals surface area contributed by atoms with Gasteiger partial charge in [-0.15, -0.1) is 0 Å². The van der Waals surface area contributed by atoms with Crippen molar-refractivity contribution in [3.05, 3.63) is 0 Å². The zero-order chi connectivity index (χ0) is 9.64.